The summed E-state index contributed by atoms with van der Waals surface area (Å²) in [4.78, 5) is 15.7. The number of nitrogens with zero attached hydrogens (tertiary/aromatic N) is 1. The lowest BCUT2D eigenvalue weighted by Crippen LogP contribution is -2.80. The molecule has 11 nitrogen and oxygen atoms in total. The summed E-state index contributed by atoms with van der Waals surface area (Å²) in [7, 11) is 8.22. The number of methoxy groups -OCH3 is 4. The van der Waals surface area contributed by atoms with Crippen LogP contribution in [0.25, 0.3) is 0 Å². The largest absolute Gasteiger partial charge is 0.455 e. The minimum Gasteiger partial charge on any atom is -0.455 e. The zero-order valence-electron chi connectivity index (χ0n) is 24.8. The lowest BCUT2D eigenvalue weighted by Gasteiger charge is -2.69. The minimum absolute atomic E-state index is 0.102. The van der Waals surface area contributed by atoms with Gasteiger partial charge >= 0.3 is 5.97 Å². The second-order valence-electron chi connectivity index (χ2n) is 13.7. The SMILES string of the molecule is COC[C@]12CN(C)C3C4[C@H](OC)C1[C@]3(C1C[C@@]3(O)C(OC(=O)c5ccccc5)C1[C@]4(O)[C@@H](O)[C@@H]3OC)[C@@H](OC)C[C@H]2O. The lowest BCUT2D eigenvalue weighted by atomic mass is 9.42. The van der Waals surface area contributed by atoms with Crippen molar-refractivity contribution in [3.8, 4) is 0 Å². The Kier molecular flexibility index (Phi) is 6.52. The molecule has 1 heterocycles. The Labute approximate surface area is 245 Å². The van der Waals surface area contributed by atoms with Crippen LogP contribution in [0.1, 0.15) is 23.2 Å². The molecule has 4 N–H and O–H groups in total. The van der Waals surface area contributed by atoms with Gasteiger partial charge in [-0.05, 0) is 31.5 Å². The van der Waals surface area contributed by atoms with Crippen LogP contribution in [0, 0.1) is 34.5 Å². The summed E-state index contributed by atoms with van der Waals surface area (Å²) in [6, 6.07) is 8.22. The van der Waals surface area contributed by atoms with Crippen LogP contribution in [-0.2, 0) is 23.7 Å². The zero-order chi connectivity index (χ0) is 30.0. The van der Waals surface area contributed by atoms with E-state index in [0.717, 1.165) is 0 Å². The number of likely N-dealkylation sites (tertiary alicyclic amines) is 1. The summed E-state index contributed by atoms with van der Waals surface area (Å²) < 4.78 is 30.3. The first kappa shape index (κ1) is 29.1. The summed E-state index contributed by atoms with van der Waals surface area (Å²) >= 11 is 0. The number of carbonyl (C=O) groups excluding carboxylic acids is 1. The lowest BCUT2D eigenvalue weighted by molar-refractivity contribution is -0.318. The van der Waals surface area contributed by atoms with E-state index in [4.69, 9.17) is 23.7 Å². The highest BCUT2D eigenvalue weighted by molar-refractivity contribution is 5.89. The topological polar surface area (TPSA) is 147 Å². The maximum Gasteiger partial charge on any atom is 0.338 e. The number of aliphatic hydroxyl groups excluding tert-OH is 2. The van der Waals surface area contributed by atoms with Gasteiger partial charge in [-0.25, -0.2) is 4.79 Å². The normalized spacial score (nSPS) is 53.7. The summed E-state index contributed by atoms with van der Waals surface area (Å²) in [6.07, 6.45) is -5.28. The molecule has 1 aromatic carbocycles. The van der Waals surface area contributed by atoms with Gasteiger partial charge in [-0.1, -0.05) is 18.2 Å². The maximum absolute atomic E-state index is 13.5. The predicted octanol–water partition coefficient (Wildman–Crippen LogP) is -0.313. The summed E-state index contributed by atoms with van der Waals surface area (Å²) in [5, 5.41) is 49.4. The highest BCUT2D eigenvalue weighted by Crippen LogP contribution is 2.80. The molecule has 15 atom stereocenters. The van der Waals surface area contributed by atoms with Gasteiger partial charge in [0, 0.05) is 76.0 Å². The van der Waals surface area contributed by atoms with Gasteiger partial charge in [0.15, 0.2) is 0 Å². The first-order valence-electron chi connectivity index (χ1n) is 14.9. The van der Waals surface area contributed by atoms with E-state index in [1.54, 1.807) is 51.7 Å². The van der Waals surface area contributed by atoms with E-state index >= 15 is 0 Å². The highest BCUT2D eigenvalue weighted by Gasteiger charge is 2.91. The van der Waals surface area contributed by atoms with Crippen molar-refractivity contribution in [2.24, 2.45) is 34.5 Å². The van der Waals surface area contributed by atoms with Crippen LogP contribution in [0.3, 0.4) is 0 Å². The Morgan fingerprint density at radius 3 is 2.33 bits per heavy atom. The fourth-order valence-electron chi connectivity index (χ4n) is 11.8. The average molecular weight is 590 g/mol. The van der Waals surface area contributed by atoms with Crippen molar-refractivity contribution in [1.82, 2.24) is 4.90 Å². The van der Waals surface area contributed by atoms with E-state index in [1.165, 1.54) is 7.11 Å². The van der Waals surface area contributed by atoms with E-state index in [1.807, 2.05) is 7.05 Å². The molecule has 11 heteroatoms. The van der Waals surface area contributed by atoms with Gasteiger partial charge in [-0.3, -0.25) is 0 Å². The third-order valence-corrected chi connectivity index (χ3v) is 12.6. The van der Waals surface area contributed by atoms with Crippen LogP contribution in [-0.4, -0.2) is 134 Å². The zero-order valence-corrected chi connectivity index (χ0v) is 24.8. The molecule has 1 spiro atoms. The van der Waals surface area contributed by atoms with Gasteiger partial charge in [0.2, 0.25) is 0 Å². The third-order valence-electron chi connectivity index (χ3n) is 12.6. The molecule has 7 rings (SSSR count). The number of fused-ring (bicyclic) bond motifs is 2. The molecular weight excluding hydrogens is 546 g/mol. The molecule has 1 saturated heterocycles. The van der Waals surface area contributed by atoms with E-state index in [9.17, 15) is 25.2 Å². The van der Waals surface area contributed by atoms with Crippen LogP contribution in [0.5, 0.6) is 0 Å². The number of hydrogen-bond donors (Lipinski definition) is 4. The number of piperidine rings is 1. The summed E-state index contributed by atoms with van der Waals surface area (Å²) in [5.74, 6) is -2.96. The third kappa shape index (κ3) is 3.05. The minimum atomic E-state index is -1.86. The van der Waals surface area contributed by atoms with E-state index in [2.05, 4.69) is 4.90 Å². The Balaban J connectivity index is 1.47. The average Bonchev–Trinajstić information content (AvgIpc) is 3.37. The molecule has 42 heavy (non-hydrogen) atoms. The molecule has 1 aromatic rings. The van der Waals surface area contributed by atoms with Gasteiger partial charge in [0.1, 0.15) is 29.5 Å². The molecular formula is C31H43NO10. The number of rotatable bonds is 7. The molecule has 6 unspecified atom stereocenters. The molecule has 0 radical (unpaired) electrons. The van der Waals surface area contributed by atoms with Crippen molar-refractivity contribution >= 4 is 5.97 Å². The van der Waals surface area contributed by atoms with Crippen LogP contribution >= 0.6 is 0 Å². The van der Waals surface area contributed by atoms with E-state index < -0.39 is 82.4 Å². The molecule has 0 amide bonds. The fourth-order valence-corrected chi connectivity index (χ4v) is 11.8. The van der Waals surface area contributed by atoms with Crippen molar-refractivity contribution in [1.29, 1.82) is 0 Å². The van der Waals surface area contributed by atoms with Gasteiger partial charge < -0.3 is 49.0 Å². The summed E-state index contributed by atoms with van der Waals surface area (Å²) in [6.45, 7) is 0.760. The first-order valence-corrected chi connectivity index (χ1v) is 14.9. The van der Waals surface area contributed by atoms with Gasteiger partial charge in [0.25, 0.3) is 0 Å². The van der Waals surface area contributed by atoms with Gasteiger partial charge in [-0.2, -0.15) is 0 Å². The quantitative estimate of drug-likeness (QED) is 0.311. The number of ether oxygens (including phenoxy) is 5. The van der Waals surface area contributed by atoms with Gasteiger partial charge in [0.05, 0.1) is 30.5 Å². The van der Waals surface area contributed by atoms with Crippen molar-refractivity contribution < 1.29 is 48.9 Å². The Morgan fingerprint density at radius 2 is 1.71 bits per heavy atom. The molecule has 5 saturated carbocycles. The Bertz CT molecular complexity index is 1240. The number of carbonyl (C=O) groups is 1. The van der Waals surface area contributed by atoms with Crippen molar-refractivity contribution in [2.75, 3.05) is 48.6 Å². The van der Waals surface area contributed by atoms with Crippen molar-refractivity contribution in [3.05, 3.63) is 35.9 Å². The maximum atomic E-state index is 13.5. The van der Waals surface area contributed by atoms with E-state index in [-0.39, 0.29) is 25.0 Å². The number of hydrogen-bond acceptors (Lipinski definition) is 11. The van der Waals surface area contributed by atoms with Crippen LogP contribution < -0.4 is 0 Å². The standard InChI is InChI=1S/C31H43NO10/c1-32-13-28(14-38-2)17(33)11-18(39-3)30-16-12-29(36)25(42-27(35)15-9-7-6-8-10-15)19(16)31(37,24(34)26(29)41-5)20(23(30)32)21(40-4)22(28)30/h6-10,16-26,33-34,36-37H,11-14H2,1-5H3/t16?,17-,18+,19?,20?,21+,22?,23?,24+,25?,26+,28+,29-,30+,31-/m1/s1. The van der Waals surface area contributed by atoms with Crippen LogP contribution in [0.4, 0.5) is 0 Å². The molecule has 232 valence electrons. The smallest absolute Gasteiger partial charge is 0.338 e. The second kappa shape index (κ2) is 9.42. The Hall–Kier alpha value is -1.67. The molecule has 6 aliphatic rings. The second-order valence-corrected chi connectivity index (χ2v) is 13.7. The van der Waals surface area contributed by atoms with E-state index in [0.29, 0.717) is 18.5 Å². The molecule has 1 aliphatic heterocycles. The molecule has 7 bridgehead atoms. The number of aliphatic hydroxyl groups is 4. The molecule has 5 aliphatic carbocycles. The number of esters is 1. The molecule has 0 aromatic heterocycles. The Morgan fingerprint density at radius 1 is 1.00 bits per heavy atom. The number of benzene rings is 1. The van der Waals surface area contributed by atoms with Gasteiger partial charge in [-0.15, -0.1) is 0 Å². The van der Waals surface area contributed by atoms with Crippen molar-refractivity contribution in [3.63, 3.8) is 0 Å². The van der Waals surface area contributed by atoms with Crippen LogP contribution in [0.2, 0.25) is 0 Å². The summed E-state index contributed by atoms with van der Waals surface area (Å²) in [5.41, 5.74) is -4.81. The van der Waals surface area contributed by atoms with Crippen LogP contribution in [0.15, 0.2) is 30.3 Å². The highest BCUT2D eigenvalue weighted by atomic mass is 16.6. The first-order chi connectivity index (χ1) is 20.0. The fraction of sp³-hybridized carbons (Fsp3) is 0.774. The monoisotopic (exact) mass is 589 g/mol. The van der Waals surface area contributed by atoms with Crippen molar-refractivity contribution in [2.45, 2.75) is 66.7 Å². The molecule has 6 fully saturated rings. The predicted molar refractivity (Wildman–Crippen MR) is 146 cm³/mol.